The van der Waals surface area contributed by atoms with Crippen molar-refractivity contribution in [3.8, 4) is 5.00 Å². The molecule has 0 unspecified atom stereocenters. The minimum Gasteiger partial charge on any atom is -0.330 e. The van der Waals surface area contributed by atoms with Gasteiger partial charge in [-0.05, 0) is 75.5 Å². The van der Waals surface area contributed by atoms with E-state index in [0.29, 0.717) is 17.4 Å². The number of nitrogens with two attached hydrogens (primary N) is 1. The summed E-state index contributed by atoms with van der Waals surface area (Å²) in [6, 6.07) is 15.1. The molecule has 198 valence electrons. The van der Waals surface area contributed by atoms with Crippen LogP contribution in [0.1, 0.15) is 57.7 Å². The molecule has 5 rings (SSSR count). The largest absolute Gasteiger partial charge is 0.330 e. The van der Waals surface area contributed by atoms with Crippen molar-refractivity contribution in [2.75, 3.05) is 11.9 Å². The van der Waals surface area contributed by atoms with Gasteiger partial charge in [0.15, 0.2) is 5.82 Å². The molecular formula is C28H30Cl2N6OS. The predicted octanol–water partition coefficient (Wildman–Crippen LogP) is 6.14. The Morgan fingerprint density at radius 2 is 1.89 bits per heavy atom. The molecule has 0 saturated heterocycles. The lowest BCUT2D eigenvalue weighted by atomic mass is 9.99. The summed E-state index contributed by atoms with van der Waals surface area (Å²) in [6.07, 6.45) is 1.91. The van der Waals surface area contributed by atoms with E-state index < -0.39 is 6.04 Å². The average Bonchev–Trinajstić information content (AvgIpc) is 3.35. The van der Waals surface area contributed by atoms with E-state index in [2.05, 4.69) is 33.9 Å². The van der Waals surface area contributed by atoms with Crippen LogP contribution in [-0.4, -0.2) is 32.9 Å². The fourth-order valence-corrected chi connectivity index (χ4v) is 5.97. The van der Waals surface area contributed by atoms with Gasteiger partial charge < -0.3 is 11.1 Å². The molecule has 1 aliphatic heterocycles. The van der Waals surface area contributed by atoms with E-state index in [-0.39, 0.29) is 24.7 Å². The number of carbonyl (C=O) groups is 1. The molecule has 7 nitrogen and oxygen atoms in total. The van der Waals surface area contributed by atoms with Gasteiger partial charge in [0.05, 0.1) is 12.1 Å². The summed E-state index contributed by atoms with van der Waals surface area (Å²) in [5, 5.41) is 13.6. The molecule has 2 aromatic heterocycles. The molecule has 1 amide bonds. The van der Waals surface area contributed by atoms with Crippen LogP contribution in [0.15, 0.2) is 53.5 Å². The van der Waals surface area contributed by atoms with Crippen molar-refractivity contribution in [2.45, 2.75) is 46.1 Å². The van der Waals surface area contributed by atoms with Gasteiger partial charge in [-0.15, -0.1) is 33.9 Å². The van der Waals surface area contributed by atoms with E-state index in [1.165, 1.54) is 4.88 Å². The second kappa shape index (κ2) is 11.8. The van der Waals surface area contributed by atoms with E-state index in [0.717, 1.165) is 57.3 Å². The second-order valence-electron chi connectivity index (χ2n) is 9.25. The maximum Gasteiger partial charge on any atom is 0.227 e. The number of aromatic nitrogens is 3. The summed E-state index contributed by atoms with van der Waals surface area (Å²) in [5.41, 5.74) is 11.5. The number of benzene rings is 2. The van der Waals surface area contributed by atoms with Gasteiger partial charge in [0.1, 0.15) is 16.9 Å². The Morgan fingerprint density at radius 3 is 2.63 bits per heavy atom. The van der Waals surface area contributed by atoms with E-state index in [1.807, 2.05) is 55.5 Å². The zero-order valence-electron chi connectivity index (χ0n) is 21.5. The Morgan fingerprint density at radius 1 is 1.13 bits per heavy atom. The Hall–Kier alpha value is -3.04. The van der Waals surface area contributed by atoms with Gasteiger partial charge in [-0.2, -0.15) is 0 Å². The zero-order valence-corrected chi connectivity index (χ0v) is 23.9. The van der Waals surface area contributed by atoms with E-state index in [9.17, 15) is 4.79 Å². The van der Waals surface area contributed by atoms with E-state index in [1.54, 1.807) is 11.3 Å². The van der Waals surface area contributed by atoms with Crippen molar-refractivity contribution < 1.29 is 4.79 Å². The monoisotopic (exact) mass is 568 g/mol. The molecule has 0 aliphatic carbocycles. The van der Waals surface area contributed by atoms with Crippen LogP contribution in [-0.2, 0) is 11.2 Å². The number of aliphatic imine (C=N–C) groups is 1. The molecule has 4 aromatic rings. The minimum atomic E-state index is -0.508. The normalized spacial score (nSPS) is 14.1. The number of amides is 1. The molecule has 38 heavy (non-hydrogen) atoms. The topological polar surface area (TPSA) is 98.2 Å². The first kappa shape index (κ1) is 28.0. The van der Waals surface area contributed by atoms with Crippen molar-refractivity contribution in [2.24, 2.45) is 10.7 Å². The fourth-order valence-electron chi connectivity index (χ4n) is 4.63. The van der Waals surface area contributed by atoms with Crippen LogP contribution in [0.2, 0.25) is 5.02 Å². The molecular weight excluding hydrogens is 539 g/mol. The maximum atomic E-state index is 13.3. The van der Waals surface area contributed by atoms with Gasteiger partial charge in [0.25, 0.3) is 0 Å². The SMILES string of the molecule is Cc1sc2c(c1C)C(c1ccc(Cl)cc1)=N[C@@H](CC(=O)Nc1cccc(CCCN)c1)c1nnc(C)n1-2.Cl. The first-order chi connectivity index (χ1) is 17.9. The van der Waals surface area contributed by atoms with Crippen molar-refractivity contribution in [1.82, 2.24) is 14.8 Å². The van der Waals surface area contributed by atoms with Crippen LogP contribution in [0.4, 0.5) is 5.69 Å². The van der Waals surface area contributed by atoms with Crippen LogP contribution >= 0.6 is 35.3 Å². The van der Waals surface area contributed by atoms with Crippen LogP contribution < -0.4 is 11.1 Å². The molecule has 0 bridgehead atoms. The molecule has 3 N–H and O–H groups in total. The number of aryl methyl sites for hydroxylation is 3. The smallest absolute Gasteiger partial charge is 0.227 e. The van der Waals surface area contributed by atoms with Crippen molar-refractivity contribution in [3.05, 3.63) is 92.3 Å². The number of rotatable bonds is 7. The third kappa shape index (κ3) is 5.54. The third-order valence-corrected chi connectivity index (χ3v) is 8.06. The lowest BCUT2D eigenvalue weighted by molar-refractivity contribution is -0.116. The number of hydrogen-bond acceptors (Lipinski definition) is 6. The summed E-state index contributed by atoms with van der Waals surface area (Å²) >= 11 is 7.88. The summed E-state index contributed by atoms with van der Waals surface area (Å²) in [6.45, 7) is 6.79. The Bertz CT molecular complexity index is 1490. The highest BCUT2D eigenvalue weighted by atomic mass is 35.5. The molecule has 0 radical (unpaired) electrons. The molecule has 1 atom stereocenters. The molecule has 0 saturated carbocycles. The number of halogens is 2. The highest BCUT2D eigenvalue weighted by Crippen LogP contribution is 2.39. The standard InChI is InChI=1S/C28H29ClN6OS.ClH/c1-16-17(2)37-28-25(16)26(20-9-11-21(29)12-10-20)32-23(27-34-33-18(3)35(27)28)15-24(36)31-22-8-4-6-19(14-22)7-5-13-30;/h4,6,8-12,14,23H,5,7,13,15,30H2,1-3H3,(H,31,36);1H/t23-;/m0./s1. The molecule has 10 heteroatoms. The number of fused-ring (bicyclic) bond motifs is 3. The Balaban J connectivity index is 0.00000336. The number of nitrogens with zero attached hydrogens (tertiary/aromatic N) is 4. The number of anilines is 1. The first-order valence-electron chi connectivity index (χ1n) is 12.3. The molecule has 1 aliphatic rings. The summed E-state index contributed by atoms with van der Waals surface area (Å²) in [4.78, 5) is 19.7. The van der Waals surface area contributed by atoms with Gasteiger partial charge in [-0.25, -0.2) is 0 Å². The molecule has 0 fully saturated rings. The number of hydrogen-bond donors (Lipinski definition) is 2. The van der Waals surface area contributed by atoms with E-state index in [4.69, 9.17) is 22.3 Å². The van der Waals surface area contributed by atoms with Gasteiger partial charge in [0.2, 0.25) is 5.91 Å². The van der Waals surface area contributed by atoms with Crippen LogP contribution in [0.5, 0.6) is 0 Å². The third-order valence-electron chi connectivity index (χ3n) is 6.62. The highest BCUT2D eigenvalue weighted by Gasteiger charge is 2.32. The number of carbonyl (C=O) groups excluding carboxylic acids is 1. The fraction of sp³-hybridized carbons (Fsp3) is 0.286. The van der Waals surface area contributed by atoms with Gasteiger partial charge in [-0.3, -0.25) is 14.4 Å². The zero-order chi connectivity index (χ0) is 26.1. The Kier molecular flexibility index (Phi) is 8.67. The van der Waals surface area contributed by atoms with E-state index >= 15 is 0 Å². The lowest BCUT2D eigenvalue weighted by Crippen LogP contribution is -2.17. The minimum absolute atomic E-state index is 0. The van der Waals surface area contributed by atoms with Gasteiger partial charge in [0, 0.05) is 26.7 Å². The quantitative estimate of drug-likeness (QED) is 0.279. The molecule has 3 heterocycles. The summed E-state index contributed by atoms with van der Waals surface area (Å²) < 4.78 is 2.05. The van der Waals surface area contributed by atoms with Crippen molar-refractivity contribution in [3.63, 3.8) is 0 Å². The second-order valence-corrected chi connectivity index (χ2v) is 10.9. The van der Waals surface area contributed by atoms with Gasteiger partial charge >= 0.3 is 0 Å². The predicted molar refractivity (Wildman–Crippen MR) is 158 cm³/mol. The maximum absolute atomic E-state index is 13.3. The first-order valence-corrected chi connectivity index (χ1v) is 13.5. The Labute approximate surface area is 237 Å². The number of thiophene rings is 1. The summed E-state index contributed by atoms with van der Waals surface area (Å²) in [5.74, 6) is 1.30. The van der Waals surface area contributed by atoms with Crippen molar-refractivity contribution in [1.29, 1.82) is 0 Å². The highest BCUT2D eigenvalue weighted by molar-refractivity contribution is 7.15. The van der Waals surface area contributed by atoms with Crippen LogP contribution in [0, 0.1) is 20.8 Å². The van der Waals surface area contributed by atoms with Crippen LogP contribution in [0.25, 0.3) is 5.00 Å². The van der Waals surface area contributed by atoms with Gasteiger partial charge in [-0.1, -0.05) is 35.9 Å². The lowest BCUT2D eigenvalue weighted by Gasteiger charge is -2.13. The molecule has 2 aromatic carbocycles. The molecule has 0 spiro atoms. The van der Waals surface area contributed by atoms with Crippen LogP contribution in [0.3, 0.4) is 0 Å². The summed E-state index contributed by atoms with van der Waals surface area (Å²) in [7, 11) is 0. The average molecular weight is 570 g/mol. The van der Waals surface area contributed by atoms with Crippen molar-refractivity contribution >= 4 is 52.7 Å². The number of nitrogens with one attached hydrogen (secondary N) is 1.